The molecule has 3 nitrogen and oxygen atoms in total. The van der Waals surface area contributed by atoms with E-state index >= 15 is 17.6 Å². The fourth-order valence-corrected chi connectivity index (χ4v) is 13.9. The Bertz CT molecular complexity index is 4720. The second kappa shape index (κ2) is 22.9. The zero-order valence-corrected chi connectivity index (χ0v) is 49.1. The summed E-state index contributed by atoms with van der Waals surface area (Å²) in [4.78, 5) is 2.17. The van der Waals surface area contributed by atoms with E-state index in [9.17, 15) is 0 Å². The van der Waals surface area contributed by atoms with Crippen molar-refractivity contribution in [2.45, 2.75) is 10.8 Å². The van der Waals surface area contributed by atoms with E-state index in [0.717, 1.165) is 84.6 Å². The van der Waals surface area contributed by atoms with Crippen LogP contribution in [-0.4, -0.2) is 0 Å². The van der Waals surface area contributed by atoms with Gasteiger partial charge in [-0.2, -0.15) is 0 Å². The maximum atomic E-state index is 17.4. The maximum absolute atomic E-state index is 17.4. The van der Waals surface area contributed by atoms with Crippen LogP contribution in [0.25, 0.3) is 56.7 Å². The van der Waals surface area contributed by atoms with E-state index in [1.165, 1.54) is 0 Å². The minimum Gasteiger partial charge on any atom is -0.457 e. The van der Waals surface area contributed by atoms with Gasteiger partial charge in [-0.05, 0) is 192 Å². The Morgan fingerprint density at radius 3 is 1.10 bits per heavy atom. The summed E-state index contributed by atoms with van der Waals surface area (Å²) in [6.07, 6.45) is 3.54. The Hall–Kier alpha value is -11.5. The molecule has 0 fully saturated rings. The van der Waals surface area contributed by atoms with Crippen LogP contribution in [0.15, 0.2) is 310 Å². The molecule has 2 aliphatic carbocycles. The van der Waals surface area contributed by atoms with E-state index in [1.54, 1.807) is 36.4 Å². The molecule has 0 saturated heterocycles. The summed E-state index contributed by atoms with van der Waals surface area (Å²) in [5.41, 5.74) is 13.3. The summed E-state index contributed by atoms with van der Waals surface area (Å²) in [7, 11) is 0. The number of benzene rings is 13. The number of hydrogen-bond acceptors (Lipinski definition) is 3. The van der Waals surface area contributed by atoms with Crippen molar-refractivity contribution < 1.29 is 27.0 Å². The van der Waals surface area contributed by atoms with Crippen molar-refractivity contribution in [3.05, 3.63) is 389 Å². The van der Waals surface area contributed by atoms with Crippen molar-refractivity contribution in [3.8, 4) is 67.5 Å². The third kappa shape index (κ3) is 9.44. The first-order valence-corrected chi connectivity index (χ1v) is 30.1. The standard InChI is InChI=1S/C84H55F4NO2/c1-3-54-30-40-65(41-31-54)90-67-44-34-60(35-45-67)83(75-26-14-28-79(85)81(75)87)73-24-10-8-22-69(73)71-48-38-63(52-77(71)83)89(62-21-13-20-59(51-62)58-19-12-18-57(50-58)56-16-6-5-7-17-56)64-39-49-72-70-23-9-11-25-74(70)84(78(72)53-64,76-27-15-29-80(86)82(76)88)61-36-46-68(47-37-61)91-66-42-32-55(4-2)33-43-66/h3-53H,1-2H2. The van der Waals surface area contributed by atoms with Gasteiger partial charge in [-0.15, -0.1) is 0 Å². The molecular weight excluding hydrogens is 1130 g/mol. The van der Waals surface area contributed by atoms with Gasteiger partial charge >= 0.3 is 0 Å². The van der Waals surface area contributed by atoms with Gasteiger partial charge in [-0.3, -0.25) is 0 Å². The van der Waals surface area contributed by atoms with Crippen molar-refractivity contribution in [3.63, 3.8) is 0 Å². The first-order chi connectivity index (χ1) is 44.6. The number of rotatable bonds is 15. The van der Waals surface area contributed by atoms with Gasteiger partial charge in [0, 0.05) is 28.2 Å². The van der Waals surface area contributed by atoms with Gasteiger partial charge in [-0.1, -0.05) is 219 Å². The van der Waals surface area contributed by atoms with E-state index < -0.39 is 34.1 Å². The SMILES string of the molecule is C=Cc1ccc(Oc2ccc(C3(c4cccc(F)c4F)c4ccccc4-c4ccc(N(c5cccc(-c6cccc(-c7ccccc7)c6)c5)c5ccc6c(c5)C(c5ccc(Oc7ccc(C=C)cc7)cc5)(c5cccc(F)c5F)c5ccccc5-6)cc43)cc2)cc1. The van der Waals surface area contributed by atoms with E-state index in [2.05, 4.69) is 109 Å². The van der Waals surface area contributed by atoms with Crippen LogP contribution in [-0.2, 0) is 10.8 Å². The highest BCUT2D eigenvalue weighted by atomic mass is 19.2. The smallest absolute Gasteiger partial charge is 0.163 e. The maximum Gasteiger partial charge on any atom is 0.163 e. The average Bonchev–Trinajstić information content (AvgIpc) is 1.56. The Labute approximate surface area is 526 Å². The zero-order valence-electron chi connectivity index (χ0n) is 49.1. The monoisotopic (exact) mass is 1190 g/mol. The van der Waals surface area contributed by atoms with Gasteiger partial charge in [0.15, 0.2) is 23.3 Å². The highest BCUT2D eigenvalue weighted by molar-refractivity contribution is 5.93. The first-order valence-electron chi connectivity index (χ1n) is 30.1. The number of nitrogens with zero attached hydrogens (tertiary/aromatic N) is 1. The number of hydrogen-bond donors (Lipinski definition) is 0. The summed E-state index contributed by atoms with van der Waals surface area (Å²) in [6, 6.07) is 94.6. The quantitative estimate of drug-likeness (QED) is 0.0955. The largest absolute Gasteiger partial charge is 0.457 e. The molecular formula is C84H55F4NO2. The van der Waals surface area contributed by atoms with Gasteiger partial charge in [0.05, 0.1) is 10.8 Å². The second-order valence-corrected chi connectivity index (χ2v) is 22.9. The number of fused-ring (bicyclic) bond motifs is 6. The van der Waals surface area contributed by atoms with Gasteiger partial charge in [-0.25, -0.2) is 17.6 Å². The molecule has 0 aromatic heterocycles. The summed E-state index contributed by atoms with van der Waals surface area (Å²) < 4.78 is 80.1. The predicted molar refractivity (Wildman–Crippen MR) is 360 cm³/mol. The van der Waals surface area contributed by atoms with Crippen molar-refractivity contribution in [2.24, 2.45) is 0 Å². The first kappa shape index (κ1) is 56.0. The van der Waals surface area contributed by atoms with Gasteiger partial charge in [0.2, 0.25) is 0 Å². The van der Waals surface area contributed by atoms with Crippen molar-refractivity contribution >= 4 is 29.2 Å². The zero-order chi connectivity index (χ0) is 61.8. The molecule has 7 heteroatoms. The minimum absolute atomic E-state index is 0.135. The van der Waals surface area contributed by atoms with Crippen LogP contribution in [0.1, 0.15) is 55.6 Å². The molecule has 0 radical (unpaired) electrons. The summed E-state index contributed by atoms with van der Waals surface area (Å²) in [5.74, 6) is -1.54. The molecule has 2 unspecified atom stereocenters. The van der Waals surface area contributed by atoms with Crippen LogP contribution in [0.5, 0.6) is 23.0 Å². The summed E-state index contributed by atoms with van der Waals surface area (Å²) in [5, 5.41) is 0. The molecule has 2 atom stereocenters. The molecule has 0 amide bonds. The molecule has 2 aliphatic rings. The second-order valence-electron chi connectivity index (χ2n) is 22.9. The molecule has 13 aromatic carbocycles. The molecule has 0 heterocycles. The molecule has 0 N–H and O–H groups in total. The number of ether oxygens (including phenoxy) is 2. The number of anilines is 3. The van der Waals surface area contributed by atoms with Gasteiger partial charge in [0.1, 0.15) is 23.0 Å². The van der Waals surface area contributed by atoms with Crippen LogP contribution < -0.4 is 14.4 Å². The van der Waals surface area contributed by atoms with Crippen LogP contribution in [0.4, 0.5) is 34.6 Å². The number of halogens is 4. The summed E-state index contributed by atoms with van der Waals surface area (Å²) in [6.45, 7) is 7.77. The molecule has 0 spiro atoms. The molecule has 91 heavy (non-hydrogen) atoms. The van der Waals surface area contributed by atoms with Crippen molar-refractivity contribution in [2.75, 3.05) is 4.90 Å². The van der Waals surface area contributed by atoms with E-state index in [-0.39, 0.29) is 11.1 Å². The Morgan fingerprint density at radius 2 is 0.637 bits per heavy atom. The van der Waals surface area contributed by atoms with E-state index in [1.807, 2.05) is 170 Å². The van der Waals surface area contributed by atoms with Crippen molar-refractivity contribution in [1.29, 1.82) is 0 Å². The normalized spacial score (nSPS) is 15.0. The molecule has 0 aliphatic heterocycles. The molecule has 436 valence electrons. The van der Waals surface area contributed by atoms with E-state index in [0.29, 0.717) is 56.6 Å². The highest BCUT2D eigenvalue weighted by Gasteiger charge is 2.50. The lowest BCUT2D eigenvalue weighted by atomic mass is 9.67. The van der Waals surface area contributed by atoms with Crippen LogP contribution >= 0.6 is 0 Å². The summed E-state index contributed by atoms with van der Waals surface area (Å²) >= 11 is 0. The fourth-order valence-electron chi connectivity index (χ4n) is 13.9. The minimum atomic E-state index is -1.42. The average molecular weight is 1190 g/mol. The van der Waals surface area contributed by atoms with Crippen LogP contribution in [0, 0.1) is 23.3 Å². The van der Waals surface area contributed by atoms with Gasteiger partial charge in [0.25, 0.3) is 0 Å². The molecule has 13 aromatic rings. The van der Waals surface area contributed by atoms with E-state index in [4.69, 9.17) is 9.47 Å². The third-order valence-electron chi connectivity index (χ3n) is 18.0. The lowest BCUT2D eigenvalue weighted by molar-refractivity contribution is 0.480. The Morgan fingerprint density at radius 1 is 0.286 bits per heavy atom. The van der Waals surface area contributed by atoms with Crippen LogP contribution in [0.2, 0.25) is 0 Å². The fraction of sp³-hybridized carbons (Fsp3) is 0.0238. The Balaban J connectivity index is 0.961. The highest BCUT2D eigenvalue weighted by Crippen LogP contribution is 2.61. The Kier molecular flexibility index (Phi) is 14.1. The lowest BCUT2D eigenvalue weighted by Crippen LogP contribution is -2.30. The van der Waals surface area contributed by atoms with Crippen LogP contribution in [0.3, 0.4) is 0 Å². The van der Waals surface area contributed by atoms with Crippen molar-refractivity contribution in [1.82, 2.24) is 0 Å². The lowest BCUT2D eigenvalue weighted by Gasteiger charge is -2.36. The molecule has 15 rings (SSSR count). The molecule has 0 bridgehead atoms. The van der Waals surface area contributed by atoms with Gasteiger partial charge < -0.3 is 14.4 Å². The third-order valence-corrected chi connectivity index (χ3v) is 18.0. The predicted octanol–water partition coefficient (Wildman–Crippen LogP) is 22.6. The molecule has 0 saturated carbocycles. The topological polar surface area (TPSA) is 21.7 Å².